The Hall–Kier alpha value is -2.49. The second kappa shape index (κ2) is 5.48. The molecule has 2 aromatic rings. The Morgan fingerprint density at radius 1 is 1.14 bits per heavy atom. The summed E-state index contributed by atoms with van der Waals surface area (Å²) in [4.78, 5) is 14.1. The van der Waals surface area contributed by atoms with Gasteiger partial charge < -0.3 is 15.0 Å². The highest BCUT2D eigenvalue weighted by molar-refractivity contribution is 5.97. The predicted octanol–water partition coefficient (Wildman–Crippen LogP) is 3.48. The van der Waals surface area contributed by atoms with E-state index >= 15 is 0 Å². The van der Waals surface area contributed by atoms with Gasteiger partial charge in [0.25, 0.3) is 0 Å². The normalized spacial score (nSPS) is 14.2. The largest absolute Gasteiger partial charge is 0.497 e. The van der Waals surface area contributed by atoms with E-state index in [4.69, 9.17) is 4.74 Å². The summed E-state index contributed by atoms with van der Waals surface area (Å²) in [6.45, 7) is 2.73. The van der Waals surface area contributed by atoms with Crippen molar-refractivity contribution in [2.24, 2.45) is 0 Å². The number of nitrogens with zero attached hydrogens (tertiary/aromatic N) is 1. The van der Waals surface area contributed by atoms with Gasteiger partial charge in [-0.25, -0.2) is 0 Å². The number of ether oxygens (including phenoxy) is 1. The van der Waals surface area contributed by atoms with Gasteiger partial charge in [-0.3, -0.25) is 4.79 Å². The smallest absolute Gasteiger partial charge is 0.226 e. The number of methoxy groups -OCH3 is 1. The maximum absolute atomic E-state index is 11.9. The fourth-order valence-electron chi connectivity index (χ4n) is 2.52. The molecule has 21 heavy (non-hydrogen) atoms. The zero-order valence-electron chi connectivity index (χ0n) is 12.2. The minimum Gasteiger partial charge on any atom is -0.497 e. The van der Waals surface area contributed by atoms with E-state index in [0.29, 0.717) is 13.0 Å². The lowest BCUT2D eigenvalue weighted by Crippen LogP contribution is -2.18. The molecule has 1 amide bonds. The Balaban J connectivity index is 2.06. The van der Waals surface area contributed by atoms with Gasteiger partial charge in [-0.05, 0) is 31.2 Å². The van der Waals surface area contributed by atoms with E-state index in [2.05, 4.69) is 41.4 Å². The van der Waals surface area contributed by atoms with E-state index in [1.54, 1.807) is 7.11 Å². The van der Waals surface area contributed by atoms with Crippen molar-refractivity contribution in [1.29, 1.82) is 0 Å². The summed E-state index contributed by atoms with van der Waals surface area (Å²) < 4.78 is 5.24. The number of carbonyl (C=O) groups excluding carboxylic acids is 1. The van der Waals surface area contributed by atoms with Crippen LogP contribution in [0.3, 0.4) is 0 Å². The fourth-order valence-corrected chi connectivity index (χ4v) is 2.52. The number of anilines is 3. The Kier molecular flexibility index (Phi) is 3.52. The number of rotatable bonds is 2. The van der Waals surface area contributed by atoms with Gasteiger partial charge in [0, 0.05) is 24.7 Å². The second-order valence-corrected chi connectivity index (χ2v) is 5.17. The van der Waals surface area contributed by atoms with Crippen molar-refractivity contribution < 1.29 is 9.53 Å². The van der Waals surface area contributed by atoms with E-state index in [1.807, 2.05) is 18.2 Å². The number of amides is 1. The molecule has 2 aromatic carbocycles. The molecule has 0 atom stereocenters. The van der Waals surface area contributed by atoms with Crippen LogP contribution < -0.4 is 15.0 Å². The Labute approximate surface area is 124 Å². The van der Waals surface area contributed by atoms with Gasteiger partial charge in [0.15, 0.2) is 0 Å². The van der Waals surface area contributed by atoms with E-state index < -0.39 is 0 Å². The molecule has 1 heterocycles. The zero-order chi connectivity index (χ0) is 14.8. The number of hydrogen-bond donors (Lipinski definition) is 1. The summed E-state index contributed by atoms with van der Waals surface area (Å²) in [6.07, 6.45) is 0.463. The number of benzene rings is 2. The summed E-state index contributed by atoms with van der Waals surface area (Å²) in [5, 5.41) is 2.95. The fraction of sp³-hybridized carbons (Fsp3) is 0.235. The van der Waals surface area contributed by atoms with Crippen LogP contribution in [0.5, 0.6) is 5.75 Å². The second-order valence-electron chi connectivity index (χ2n) is 5.17. The number of aryl methyl sites for hydroxylation is 1. The van der Waals surface area contributed by atoms with Crippen LogP contribution in [0.4, 0.5) is 17.1 Å². The molecule has 1 aliphatic heterocycles. The molecule has 0 bridgehead atoms. The van der Waals surface area contributed by atoms with E-state index in [9.17, 15) is 4.79 Å². The third-order valence-corrected chi connectivity index (χ3v) is 3.68. The first-order chi connectivity index (χ1) is 10.2. The average Bonchev–Trinajstić information content (AvgIpc) is 2.65. The van der Waals surface area contributed by atoms with Crippen molar-refractivity contribution in [1.82, 2.24) is 0 Å². The first kappa shape index (κ1) is 13.5. The monoisotopic (exact) mass is 282 g/mol. The van der Waals surface area contributed by atoms with Crippen molar-refractivity contribution in [2.45, 2.75) is 13.3 Å². The first-order valence-corrected chi connectivity index (χ1v) is 6.99. The number of hydrogen-bond acceptors (Lipinski definition) is 3. The summed E-state index contributed by atoms with van der Waals surface area (Å²) in [5.41, 5.74) is 4.09. The molecule has 1 N–H and O–H groups in total. The molecule has 4 heteroatoms. The van der Waals surface area contributed by atoms with Crippen molar-refractivity contribution in [3.8, 4) is 5.75 Å². The van der Waals surface area contributed by atoms with Crippen LogP contribution >= 0.6 is 0 Å². The lowest BCUT2D eigenvalue weighted by atomic mass is 10.1. The van der Waals surface area contributed by atoms with Gasteiger partial charge in [0.05, 0.1) is 18.5 Å². The molecule has 0 aliphatic carbocycles. The topological polar surface area (TPSA) is 41.6 Å². The molecule has 0 radical (unpaired) electrons. The van der Waals surface area contributed by atoms with Gasteiger partial charge in [-0.15, -0.1) is 0 Å². The maximum Gasteiger partial charge on any atom is 0.226 e. The number of carbonyl (C=O) groups is 1. The molecule has 0 saturated carbocycles. The number of fused-ring (bicyclic) bond motifs is 1. The maximum atomic E-state index is 11.9. The Morgan fingerprint density at radius 3 is 2.62 bits per heavy atom. The van der Waals surface area contributed by atoms with Crippen molar-refractivity contribution >= 4 is 23.0 Å². The minimum atomic E-state index is 0.0270. The molecular formula is C17H18N2O2. The average molecular weight is 282 g/mol. The SMILES string of the molecule is COc1ccc2c(c1)NC(=O)CCN2c1ccc(C)cc1. The molecule has 0 fully saturated rings. The van der Waals surface area contributed by atoms with Crippen LogP contribution in [0.25, 0.3) is 0 Å². The summed E-state index contributed by atoms with van der Waals surface area (Å²) in [5.74, 6) is 0.763. The van der Waals surface area contributed by atoms with E-state index in [0.717, 1.165) is 22.8 Å². The molecule has 108 valence electrons. The van der Waals surface area contributed by atoms with Crippen LogP contribution in [-0.2, 0) is 4.79 Å². The van der Waals surface area contributed by atoms with Gasteiger partial charge in [0.2, 0.25) is 5.91 Å². The highest BCUT2D eigenvalue weighted by Gasteiger charge is 2.20. The van der Waals surface area contributed by atoms with Crippen molar-refractivity contribution in [3.05, 3.63) is 48.0 Å². The summed E-state index contributed by atoms with van der Waals surface area (Å²) >= 11 is 0. The molecule has 4 nitrogen and oxygen atoms in total. The third-order valence-electron chi connectivity index (χ3n) is 3.68. The van der Waals surface area contributed by atoms with E-state index in [-0.39, 0.29) is 5.91 Å². The molecule has 0 unspecified atom stereocenters. The molecule has 0 spiro atoms. The van der Waals surface area contributed by atoms with Crippen LogP contribution in [0.2, 0.25) is 0 Å². The van der Waals surface area contributed by atoms with Gasteiger partial charge in [-0.1, -0.05) is 17.7 Å². The van der Waals surface area contributed by atoms with Crippen LogP contribution in [0, 0.1) is 6.92 Å². The first-order valence-electron chi connectivity index (χ1n) is 6.99. The zero-order valence-corrected chi connectivity index (χ0v) is 12.2. The van der Waals surface area contributed by atoms with Crippen LogP contribution in [-0.4, -0.2) is 19.6 Å². The quantitative estimate of drug-likeness (QED) is 0.916. The molecule has 0 saturated heterocycles. The van der Waals surface area contributed by atoms with Crippen LogP contribution in [0.1, 0.15) is 12.0 Å². The van der Waals surface area contributed by atoms with Gasteiger partial charge in [0.1, 0.15) is 5.75 Å². The van der Waals surface area contributed by atoms with Gasteiger partial charge >= 0.3 is 0 Å². The highest BCUT2D eigenvalue weighted by atomic mass is 16.5. The van der Waals surface area contributed by atoms with Crippen LogP contribution in [0.15, 0.2) is 42.5 Å². The van der Waals surface area contributed by atoms with E-state index in [1.165, 1.54) is 5.56 Å². The minimum absolute atomic E-state index is 0.0270. The molecular weight excluding hydrogens is 264 g/mol. The Morgan fingerprint density at radius 2 is 1.90 bits per heavy atom. The molecule has 3 rings (SSSR count). The summed E-state index contributed by atoms with van der Waals surface area (Å²) in [6, 6.07) is 14.1. The molecule has 0 aromatic heterocycles. The lowest BCUT2D eigenvalue weighted by Gasteiger charge is -2.24. The Bertz CT molecular complexity index is 665. The lowest BCUT2D eigenvalue weighted by molar-refractivity contribution is -0.115. The van der Waals surface area contributed by atoms with Crippen molar-refractivity contribution in [3.63, 3.8) is 0 Å². The van der Waals surface area contributed by atoms with Gasteiger partial charge in [-0.2, -0.15) is 0 Å². The standard InChI is InChI=1S/C17H18N2O2/c1-12-3-5-13(6-4-12)19-10-9-17(20)18-15-11-14(21-2)7-8-16(15)19/h3-8,11H,9-10H2,1-2H3,(H,18,20). The third kappa shape index (κ3) is 2.70. The summed E-state index contributed by atoms with van der Waals surface area (Å²) in [7, 11) is 1.62. The number of nitrogens with one attached hydrogen (secondary N) is 1. The highest BCUT2D eigenvalue weighted by Crippen LogP contribution is 2.36. The molecule has 1 aliphatic rings. The van der Waals surface area contributed by atoms with Crippen molar-refractivity contribution in [2.75, 3.05) is 23.9 Å². The predicted molar refractivity (Wildman–Crippen MR) is 84.4 cm³/mol.